The summed E-state index contributed by atoms with van der Waals surface area (Å²) >= 11 is 0. The topological polar surface area (TPSA) is 95.9 Å². The first kappa shape index (κ1) is 10.5. The van der Waals surface area contributed by atoms with Crippen LogP contribution in [0.4, 0.5) is 0 Å². The van der Waals surface area contributed by atoms with Crippen molar-refractivity contribution in [3.8, 4) is 0 Å². The van der Waals surface area contributed by atoms with Gasteiger partial charge in [-0.15, -0.1) is 0 Å². The maximum Gasteiger partial charge on any atom is 0.200 e. The lowest BCUT2D eigenvalue weighted by Crippen LogP contribution is -2.13. The second-order valence-corrected chi connectivity index (χ2v) is 5.00. The lowest BCUT2D eigenvalue weighted by molar-refractivity contribution is 0.317. The molecule has 0 saturated carbocycles. The zero-order chi connectivity index (χ0) is 8.91. The van der Waals surface area contributed by atoms with E-state index in [-0.39, 0.29) is 24.6 Å². The number of amidine groups is 1. The predicted molar refractivity (Wildman–Crippen MR) is 43.3 cm³/mol. The molecule has 0 aliphatic rings. The van der Waals surface area contributed by atoms with Crippen molar-refractivity contribution >= 4 is 13.2 Å². The highest BCUT2D eigenvalue weighted by molar-refractivity contribution is 7.57. The average Bonchev–Trinajstić information content (AvgIpc) is 2.00. The lowest BCUT2D eigenvalue weighted by Gasteiger charge is -2.06. The molecular weight excluding hydrogens is 167 g/mol. The first-order valence-corrected chi connectivity index (χ1v) is 5.32. The van der Waals surface area contributed by atoms with E-state index in [9.17, 15) is 4.57 Å². The first-order valence-electron chi connectivity index (χ1n) is 3.29. The zero-order valence-corrected chi connectivity index (χ0v) is 7.29. The zero-order valence-electron chi connectivity index (χ0n) is 6.40. The predicted octanol–water partition coefficient (Wildman–Crippen LogP) is 0.413. The molecule has 0 aliphatic carbocycles. The minimum Gasteiger partial charge on any atom is -0.409 e. The summed E-state index contributed by atoms with van der Waals surface area (Å²) in [6, 6.07) is 0. The van der Waals surface area contributed by atoms with Gasteiger partial charge in [-0.3, -0.25) is 4.57 Å². The van der Waals surface area contributed by atoms with Gasteiger partial charge in [-0.25, -0.2) is 0 Å². The normalized spacial score (nSPS) is 17.8. The SMILES string of the molecule is CCP(=O)(O)CCC(N)=NO. The lowest BCUT2D eigenvalue weighted by atomic mass is 10.5. The molecule has 0 fully saturated rings. The van der Waals surface area contributed by atoms with Gasteiger partial charge in [0.25, 0.3) is 0 Å². The quantitative estimate of drug-likeness (QED) is 0.192. The van der Waals surface area contributed by atoms with Gasteiger partial charge in [0.1, 0.15) is 5.84 Å². The van der Waals surface area contributed by atoms with Crippen molar-refractivity contribution in [1.82, 2.24) is 0 Å². The Labute approximate surface area is 65.4 Å². The van der Waals surface area contributed by atoms with Crippen molar-refractivity contribution in [2.75, 3.05) is 12.3 Å². The minimum absolute atomic E-state index is 0.00674. The molecule has 1 unspecified atom stereocenters. The first-order chi connectivity index (χ1) is 5.02. The van der Waals surface area contributed by atoms with Gasteiger partial charge >= 0.3 is 0 Å². The Bertz CT molecular complexity index is 192. The number of nitrogens with two attached hydrogens (primary N) is 1. The summed E-state index contributed by atoms with van der Waals surface area (Å²) in [5, 5.41) is 10.8. The highest BCUT2D eigenvalue weighted by atomic mass is 31.2. The van der Waals surface area contributed by atoms with Crippen LogP contribution >= 0.6 is 7.37 Å². The Balaban J connectivity index is 3.80. The molecule has 0 amide bonds. The van der Waals surface area contributed by atoms with Crippen LogP contribution in [0.25, 0.3) is 0 Å². The van der Waals surface area contributed by atoms with Gasteiger partial charge in [0.15, 0.2) is 0 Å². The maximum absolute atomic E-state index is 11.0. The summed E-state index contributed by atoms with van der Waals surface area (Å²) in [7, 11) is -3.01. The molecule has 0 rings (SSSR count). The maximum atomic E-state index is 11.0. The second-order valence-electron chi connectivity index (χ2n) is 2.23. The van der Waals surface area contributed by atoms with Crippen LogP contribution in [-0.2, 0) is 4.57 Å². The molecule has 1 atom stereocenters. The summed E-state index contributed by atoms with van der Waals surface area (Å²) in [6.45, 7) is 1.63. The van der Waals surface area contributed by atoms with Crippen LogP contribution in [0.1, 0.15) is 13.3 Å². The van der Waals surface area contributed by atoms with Gasteiger partial charge in [-0.1, -0.05) is 12.1 Å². The molecule has 11 heavy (non-hydrogen) atoms. The highest BCUT2D eigenvalue weighted by Crippen LogP contribution is 2.39. The Kier molecular flexibility index (Phi) is 4.15. The number of rotatable bonds is 4. The molecule has 0 bridgehead atoms. The summed E-state index contributed by atoms with van der Waals surface area (Å²) in [5.41, 5.74) is 5.10. The number of hydrogen-bond donors (Lipinski definition) is 3. The van der Waals surface area contributed by atoms with Crippen molar-refractivity contribution in [2.24, 2.45) is 10.9 Å². The molecule has 0 aromatic rings. The molecule has 0 aliphatic heterocycles. The standard InChI is InChI=1S/C5H13N2O3P/c1-2-11(9,10)4-3-5(6)7-8/h8H,2-4H2,1H3,(H2,6,7)(H,9,10). The van der Waals surface area contributed by atoms with Crippen molar-refractivity contribution in [2.45, 2.75) is 13.3 Å². The molecule has 0 spiro atoms. The molecule has 5 nitrogen and oxygen atoms in total. The second kappa shape index (κ2) is 4.36. The Hall–Kier alpha value is -0.540. The monoisotopic (exact) mass is 180 g/mol. The van der Waals surface area contributed by atoms with Crippen LogP contribution in [0.2, 0.25) is 0 Å². The van der Waals surface area contributed by atoms with Crippen LogP contribution < -0.4 is 5.73 Å². The minimum atomic E-state index is -3.01. The van der Waals surface area contributed by atoms with E-state index in [2.05, 4.69) is 5.16 Å². The van der Waals surface area contributed by atoms with E-state index < -0.39 is 7.37 Å². The molecule has 0 aromatic carbocycles. The Morgan fingerprint density at radius 3 is 2.64 bits per heavy atom. The Morgan fingerprint density at radius 1 is 1.73 bits per heavy atom. The van der Waals surface area contributed by atoms with Crippen molar-refractivity contribution in [3.05, 3.63) is 0 Å². The molecule has 0 aromatic heterocycles. The molecule has 66 valence electrons. The number of oxime groups is 1. The van der Waals surface area contributed by atoms with Crippen LogP contribution in [-0.4, -0.2) is 28.3 Å². The molecule has 0 saturated heterocycles. The molecule has 4 N–H and O–H groups in total. The van der Waals surface area contributed by atoms with E-state index in [1.54, 1.807) is 6.92 Å². The molecular formula is C5H13N2O3P. The van der Waals surface area contributed by atoms with E-state index in [4.69, 9.17) is 15.8 Å². The summed E-state index contributed by atoms with van der Waals surface area (Å²) in [4.78, 5) is 9.03. The number of nitrogens with zero attached hydrogens (tertiary/aromatic N) is 1. The van der Waals surface area contributed by atoms with Gasteiger partial charge in [0, 0.05) is 18.7 Å². The largest absolute Gasteiger partial charge is 0.409 e. The van der Waals surface area contributed by atoms with Gasteiger partial charge in [-0.05, 0) is 0 Å². The molecule has 0 radical (unpaired) electrons. The fourth-order valence-electron chi connectivity index (χ4n) is 0.497. The average molecular weight is 180 g/mol. The van der Waals surface area contributed by atoms with Crippen molar-refractivity contribution < 1.29 is 14.7 Å². The fourth-order valence-corrected chi connectivity index (χ4v) is 1.39. The van der Waals surface area contributed by atoms with E-state index in [0.717, 1.165) is 0 Å². The van der Waals surface area contributed by atoms with Crippen molar-refractivity contribution in [1.29, 1.82) is 0 Å². The van der Waals surface area contributed by atoms with E-state index in [0.29, 0.717) is 0 Å². The number of hydrogen-bond acceptors (Lipinski definition) is 3. The molecule has 0 heterocycles. The highest BCUT2D eigenvalue weighted by Gasteiger charge is 2.14. The third-order valence-electron chi connectivity index (χ3n) is 1.34. The van der Waals surface area contributed by atoms with Crippen LogP contribution in [0.15, 0.2) is 5.16 Å². The van der Waals surface area contributed by atoms with Crippen LogP contribution in [0.3, 0.4) is 0 Å². The van der Waals surface area contributed by atoms with E-state index in [1.165, 1.54) is 0 Å². The summed E-state index contributed by atoms with van der Waals surface area (Å²) in [6.07, 6.45) is 0.475. The van der Waals surface area contributed by atoms with E-state index >= 15 is 0 Å². The fraction of sp³-hybridized carbons (Fsp3) is 0.800. The van der Waals surface area contributed by atoms with Gasteiger partial charge in [0.2, 0.25) is 7.37 Å². The third-order valence-corrected chi connectivity index (χ3v) is 3.25. The van der Waals surface area contributed by atoms with Crippen LogP contribution in [0, 0.1) is 0 Å². The smallest absolute Gasteiger partial charge is 0.200 e. The van der Waals surface area contributed by atoms with Gasteiger partial charge in [-0.2, -0.15) is 0 Å². The third kappa shape index (κ3) is 4.81. The van der Waals surface area contributed by atoms with Crippen LogP contribution in [0.5, 0.6) is 0 Å². The Morgan fingerprint density at radius 2 is 2.27 bits per heavy atom. The van der Waals surface area contributed by atoms with Gasteiger partial charge < -0.3 is 15.8 Å². The summed E-state index contributed by atoms with van der Waals surface area (Å²) < 4.78 is 11.0. The van der Waals surface area contributed by atoms with Gasteiger partial charge in [0.05, 0.1) is 0 Å². The van der Waals surface area contributed by atoms with Crippen molar-refractivity contribution in [3.63, 3.8) is 0 Å². The summed E-state index contributed by atoms with van der Waals surface area (Å²) in [5.74, 6) is -0.00674. The molecule has 6 heteroatoms. The van der Waals surface area contributed by atoms with E-state index in [1.807, 2.05) is 0 Å².